The predicted octanol–water partition coefficient (Wildman–Crippen LogP) is 5.46. The van der Waals surface area contributed by atoms with Crippen LogP contribution in [0.4, 0.5) is 0 Å². The quantitative estimate of drug-likeness (QED) is 0.422. The predicted molar refractivity (Wildman–Crippen MR) is 109 cm³/mol. The van der Waals surface area contributed by atoms with Crippen molar-refractivity contribution < 1.29 is 13.9 Å². The molecule has 5 nitrogen and oxygen atoms in total. The van der Waals surface area contributed by atoms with Crippen LogP contribution in [0.15, 0.2) is 77.5 Å². The highest BCUT2D eigenvalue weighted by molar-refractivity contribution is 6.06. The molecule has 5 heteroatoms. The SMILES string of the molecule is COc1cccc(OC)c1-n1ccnc1-c1ccc2oc3ccccc3c2c1. The van der Waals surface area contributed by atoms with E-state index in [9.17, 15) is 0 Å². The molecule has 5 rings (SSSR count). The van der Waals surface area contributed by atoms with E-state index in [1.807, 2.05) is 59.3 Å². The molecule has 0 N–H and O–H groups in total. The molecule has 0 spiro atoms. The van der Waals surface area contributed by atoms with Gasteiger partial charge in [0.15, 0.2) is 0 Å². The van der Waals surface area contributed by atoms with Crippen molar-refractivity contribution in [3.8, 4) is 28.6 Å². The number of imidazole rings is 1. The summed E-state index contributed by atoms with van der Waals surface area (Å²) in [5.41, 5.74) is 3.54. The molecule has 0 aliphatic heterocycles. The lowest BCUT2D eigenvalue weighted by atomic mass is 10.1. The molecule has 2 aromatic heterocycles. The zero-order valence-electron chi connectivity index (χ0n) is 15.5. The molecule has 0 unspecified atom stereocenters. The second kappa shape index (κ2) is 6.46. The fourth-order valence-corrected chi connectivity index (χ4v) is 3.63. The van der Waals surface area contributed by atoms with Gasteiger partial charge in [0.05, 0.1) is 14.2 Å². The minimum Gasteiger partial charge on any atom is -0.494 e. The Labute approximate surface area is 161 Å². The van der Waals surface area contributed by atoms with Crippen LogP contribution in [-0.4, -0.2) is 23.8 Å². The van der Waals surface area contributed by atoms with Gasteiger partial charge in [-0.05, 0) is 36.4 Å². The van der Waals surface area contributed by atoms with E-state index >= 15 is 0 Å². The summed E-state index contributed by atoms with van der Waals surface area (Å²) in [6, 6.07) is 19.9. The number of fused-ring (bicyclic) bond motifs is 3. The number of hydrogen-bond acceptors (Lipinski definition) is 4. The van der Waals surface area contributed by atoms with E-state index in [1.165, 1.54) is 0 Å². The first-order valence-electron chi connectivity index (χ1n) is 8.96. The van der Waals surface area contributed by atoms with Gasteiger partial charge >= 0.3 is 0 Å². The largest absolute Gasteiger partial charge is 0.494 e. The maximum absolute atomic E-state index is 5.95. The van der Waals surface area contributed by atoms with Gasteiger partial charge in [0, 0.05) is 28.7 Å². The molecule has 3 aromatic carbocycles. The van der Waals surface area contributed by atoms with Gasteiger partial charge in [-0.2, -0.15) is 0 Å². The molecule has 138 valence electrons. The van der Waals surface area contributed by atoms with E-state index in [2.05, 4.69) is 17.1 Å². The molecule has 0 atom stereocenters. The van der Waals surface area contributed by atoms with Gasteiger partial charge in [-0.25, -0.2) is 4.98 Å². The van der Waals surface area contributed by atoms with Crippen LogP contribution in [0, 0.1) is 0 Å². The van der Waals surface area contributed by atoms with Crippen LogP contribution in [0.5, 0.6) is 11.5 Å². The Hall–Kier alpha value is -3.73. The van der Waals surface area contributed by atoms with Crippen molar-refractivity contribution in [2.45, 2.75) is 0 Å². The highest BCUT2D eigenvalue weighted by Gasteiger charge is 2.17. The Kier molecular flexibility index (Phi) is 3.79. The van der Waals surface area contributed by atoms with Gasteiger partial charge in [0.2, 0.25) is 0 Å². The summed E-state index contributed by atoms with van der Waals surface area (Å²) in [5, 5.41) is 2.15. The van der Waals surface area contributed by atoms with Gasteiger partial charge in [-0.15, -0.1) is 0 Å². The zero-order valence-corrected chi connectivity index (χ0v) is 15.5. The van der Waals surface area contributed by atoms with Crippen molar-refractivity contribution in [2.24, 2.45) is 0 Å². The van der Waals surface area contributed by atoms with Gasteiger partial charge < -0.3 is 13.9 Å². The molecule has 28 heavy (non-hydrogen) atoms. The number of ether oxygens (including phenoxy) is 2. The third-order valence-electron chi connectivity index (χ3n) is 4.92. The Morgan fingerprint density at radius 2 is 1.57 bits per heavy atom. The molecule has 0 radical (unpaired) electrons. The van der Waals surface area contributed by atoms with Crippen LogP contribution < -0.4 is 9.47 Å². The van der Waals surface area contributed by atoms with E-state index in [-0.39, 0.29) is 0 Å². The lowest BCUT2D eigenvalue weighted by molar-refractivity contribution is 0.391. The van der Waals surface area contributed by atoms with Crippen molar-refractivity contribution in [2.75, 3.05) is 14.2 Å². The molecule has 0 bridgehead atoms. The number of para-hydroxylation sites is 2. The Balaban J connectivity index is 1.73. The van der Waals surface area contributed by atoms with Gasteiger partial charge in [0.25, 0.3) is 0 Å². The maximum atomic E-state index is 5.95. The highest BCUT2D eigenvalue weighted by Crippen LogP contribution is 2.37. The van der Waals surface area contributed by atoms with Gasteiger partial charge in [-0.1, -0.05) is 24.3 Å². The topological polar surface area (TPSA) is 49.4 Å². The minimum absolute atomic E-state index is 0.716. The molecule has 2 heterocycles. The van der Waals surface area contributed by atoms with E-state index in [4.69, 9.17) is 13.9 Å². The summed E-state index contributed by atoms with van der Waals surface area (Å²) in [4.78, 5) is 4.61. The summed E-state index contributed by atoms with van der Waals surface area (Å²) < 4.78 is 19.1. The summed E-state index contributed by atoms with van der Waals surface area (Å²) in [5.74, 6) is 2.23. The molecule has 0 saturated heterocycles. The van der Waals surface area contributed by atoms with Crippen LogP contribution in [-0.2, 0) is 0 Å². The first kappa shape index (κ1) is 16.4. The van der Waals surface area contributed by atoms with E-state index in [0.29, 0.717) is 11.5 Å². The standard InChI is InChI=1S/C23H18N2O3/c1-26-20-8-5-9-21(27-2)22(20)25-13-12-24-23(25)15-10-11-19-17(14-15)16-6-3-4-7-18(16)28-19/h3-14H,1-2H3. The van der Waals surface area contributed by atoms with Crippen LogP contribution in [0.25, 0.3) is 39.0 Å². The molecular weight excluding hydrogens is 352 g/mol. The minimum atomic E-state index is 0.716. The first-order valence-corrected chi connectivity index (χ1v) is 8.96. The molecule has 0 aliphatic carbocycles. The second-order valence-corrected chi connectivity index (χ2v) is 6.44. The van der Waals surface area contributed by atoms with Crippen molar-refractivity contribution in [3.05, 3.63) is 73.1 Å². The fraction of sp³-hybridized carbons (Fsp3) is 0.0870. The Bertz CT molecular complexity index is 1280. The van der Waals surface area contributed by atoms with Crippen molar-refractivity contribution in [1.29, 1.82) is 0 Å². The highest BCUT2D eigenvalue weighted by atomic mass is 16.5. The number of benzene rings is 3. The second-order valence-electron chi connectivity index (χ2n) is 6.44. The number of aromatic nitrogens is 2. The van der Waals surface area contributed by atoms with Crippen molar-refractivity contribution >= 4 is 21.9 Å². The summed E-state index contributed by atoms with van der Waals surface area (Å²) in [6.07, 6.45) is 3.69. The van der Waals surface area contributed by atoms with Crippen LogP contribution >= 0.6 is 0 Å². The number of hydrogen-bond donors (Lipinski definition) is 0. The van der Waals surface area contributed by atoms with Crippen LogP contribution in [0.3, 0.4) is 0 Å². The Morgan fingerprint density at radius 3 is 2.36 bits per heavy atom. The maximum Gasteiger partial charge on any atom is 0.146 e. The smallest absolute Gasteiger partial charge is 0.146 e. The molecule has 0 amide bonds. The monoisotopic (exact) mass is 370 g/mol. The summed E-state index contributed by atoms with van der Waals surface area (Å²) in [7, 11) is 3.30. The third-order valence-corrected chi connectivity index (χ3v) is 4.92. The van der Waals surface area contributed by atoms with Crippen LogP contribution in [0.1, 0.15) is 0 Å². The molecule has 0 fully saturated rings. The lowest BCUT2D eigenvalue weighted by Gasteiger charge is -2.15. The number of rotatable bonds is 4. The average molecular weight is 370 g/mol. The molecule has 5 aromatic rings. The zero-order chi connectivity index (χ0) is 19.1. The first-order chi connectivity index (χ1) is 13.8. The number of furan rings is 1. The van der Waals surface area contributed by atoms with E-state index < -0.39 is 0 Å². The van der Waals surface area contributed by atoms with Crippen LogP contribution in [0.2, 0.25) is 0 Å². The van der Waals surface area contributed by atoms with Gasteiger partial charge in [0.1, 0.15) is 34.2 Å². The Morgan fingerprint density at radius 1 is 0.821 bits per heavy atom. The average Bonchev–Trinajstić information content (AvgIpc) is 3.37. The normalized spacial score (nSPS) is 11.2. The van der Waals surface area contributed by atoms with Crippen molar-refractivity contribution in [3.63, 3.8) is 0 Å². The summed E-state index contributed by atoms with van der Waals surface area (Å²) in [6.45, 7) is 0. The van der Waals surface area contributed by atoms with Crippen molar-refractivity contribution in [1.82, 2.24) is 9.55 Å². The van der Waals surface area contributed by atoms with E-state index in [0.717, 1.165) is 39.0 Å². The van der Waals surface area contributed by atoms with E-state index in [1.54, 1.807) is 20.4 Å². The molecule has 0 saturated carbocycles. The molecular formula is C23H18N2O3. The van der Waals surface area contributed by atoms with Gasteiger partial charge in [-0.3, -0.25) is 4.57 Å². The lowest BCUT2D eigenvalue weighted by Crippen LogP contribution is -2.02. The summed E-state index contributed by atoms with van der Waals surface area (Å²) >= 11 is 0. The fourth-order valence-electron chi connectivity index (χ4n) is 3.63. The third kappa shape index (κ3) is 2.44. The molecule has 0 aliphatic rings. The number of nitrogens with zero attached hydrogens (tertiary/aromatic N) is 2. The number of methoxy groups -OCH3 is 2.